The molecule has 1 aliphatic rings. The highest BCUT2D eigenvalue weighted by Gasteiger charge is 2.26. The lowest BCUT2D eigenvalue weighted by atomic mass is 9.95. The molecule has 0 amide bonds. The van der Waals surface area contributed by atoms with Crippen molar-refractivity contribution in [2.75, 3.05) is 13.2 Å². The third-order valence-corrected chi connectivity index (χ3v) is 4.45. The van der Waals surface area contributed by atoms with E-state index in [9.17, 15) is 14.7 Å². The van der Waals surface area contributed by atoms with Crippen molar-refractivity contribution in [2.24, 2.45) is 0 Å². The second-order valence-corrected chi connectivity index (χ2v) is 6.81. The summed E-state index contributed by atoms with van der Waals surface area (Å²) in [7, 11) is 0. The van der Waals surface area contributed by atoms with E-state index in [1.54, 1.807) is 26.8 Å². The van der Waals surface area contributed by atoms with Gasteiger partial charge in [0.25, 0.3) is 0 Å². The predicted molar refractivity (Wildman–Crippen MR) is 104 cm³/mol. The molecule has 0 bridgehead atoms. The number of phenolic OH excluding ortho intramolecular Hbond substituents is 1. The van der Waals surface area contributed by atoms with Crippen LogP contribution in [-0.4, -0.2) is 36.2 Å². The van der Waals surface area contributed by atoms with Gasteiger partial charge in [-0.25, -0.2) is 4.79 Å². The van der Waals surface area contributed by atoms with E-state index in [4.69, 9.17) is 14.2 Å². The number of hydrogen-bond acceptors (Lipinski definition) is 6. The van der Waals surface area contributed by atoms with E-state index in [-0.39, 0.29) is 35.7 Å². The molecule has 28 heavy (non-hydrogen) atoms. The van der Waals surface area contributed by atoms with E-state index in [1.807, 2.05) is 18.2 Å². The van der Waals surface area contributed by atoms with Crippen molar-refractivity contribution in [3.63, 3.8) is 0 Å². The lowest BCUT2D eigenvalue weighted by molar-refractivity contribution is -0.149. The number of aromatic hydroxyl groups is 1. The molecule has 0 saturated heterocycles. The maximum atomic E-state index is 12.1. The summed E-state index contributed by atoms with van der Waals surface area (Å²) >= 11 is 0. The molecule has 6 heteroatoms. The zero-order valence-corrected chi connectivity index (χ0v) is 16.3. The normalized spacial score (nSPS) is 12.8. The minimum atomic E-state index is -0.514. The van der Waals surface area contributed by atoms with Crippen molar-refractivity contribution < 1.29 is 28.9 Å². The van der Waals surface area contributed by atoms with Gasteiger partial charge in [-0.1, -0.05) is 18.2 Å². The molecule has 1 N–H and O–H groups in total. The van der Waals surface area contributed by atoms with Crippen LogP contribution in [0.25, 0.3) is 11.1 Å². The van der Waals surface area contributed by atoms with Crippen LogP contribution in [0.1, 0.15) is 43.1 Å². The molecular weight excluding hydrogens is 360 g/mol. The van der Waals surface area contributed by atoms with Gasteiger partial charge in [0.1, 0.15) is 0 Å². The molecule has 0 spiro atoms. The van der Waals surface area contributed by atoms with Crippen LogP contribution in [0.3, 0.4) is 0 Å². The van der Waals surface area contributed by atoms with Crippen molar-refractivity contribution in [2.45, 2.75) is 39.7 Å². The maximum Gasteiger partial charge on any atom is 0.344 e. The number of carbonyl (C=O) groups excluding carboxylic acids is 2. The first-order valence-electron chi connectivity index (χ1n) is 9.38. The van der Waals surface area contributed by atoms with Crippen LogP contribution < -0.4 is 9.47 Å². The number of carbonyl (C=O) groups is 2. The highest BCUT2D eigenvalue weighted by molar-refractivity contribution is 6.02. The number of phenols is 1. The molecule has 0 saturated carbocycles. The highest BCUT2D eigenvalue weighted by atomic mass is 16.6. The lowest BCUT2D eigenvalue weighted by Gasteiger charge is -2.18. The highest BCUT2D eigenvalue weighted by Crippen LogP contribution is 2.46. The second kappa shape index (κ2) is 8.33. The van der Waals surface area contributed by atoms with Crippen LogP contribution in [-0.2, 0) is 16.0 Å². The minimum Gasteiger partial charge on any atom is -0.504 e. The first-order valence-corrected chi connectivity index (χ1v) is 9.38. The maximum absolute atomic E-state index is 12.1. The van der Waals surface area contributed by atoms with Crippen LogP contribution in [0.2, 0.25) is 0 Å². The van der Waals surface area contributed by atoms with Crippen LogP contribution in [0.5, 0.6) is 17.2 Å². The largest absolute Gasteiger partial charge is 0.504 e. The quantitative estimate of drug-likeness (QED) is 0.729. The topological polar surface area (TPSA) is 82.1 Å². The molecule has 0 aromatic heterocycles. The molecule has 0 radical (unpaired) electrons. The van der Waals surface area contributed by atoms with E-state index < -0.39 is 5.97 Å². The zero-order chi connectivity index (χ0) is 20.3. The molecule has 0 aliphatic heterocycles. The summed E-state index contributed by atoms with van der Waals surface area (Å²) in [5.41, 5.74) is 3.13. The number of hydrogen-bond donors (Lipinski definition) is 1. The van der Waals surface area contributed by atoms with E-state index in [0.717, 1.165) is 11.1 Å². The first kappa shape index (κ1) is 19.7. The second-order valence-electron chi connectivity index (χ2n) is 6.81. The Balaban J connectivity index is 2.05. The molecule has 0 unspecified atom stereocenters. The van der Waals surface area contributed by atoms with Crippen LogP contribution >= 0.6 is 0 Å². The summed E-state index contributed by atoms with van der Waals surface area (Å²) < 4.78 is 16.5. The Morgan fingerprint density at radius 1 is 1.04 bits per heavy atom. The molecule has 0 heterocycles. The molecule has 148 valence electrons. The third-order valence-electron chi connectivity index (χ3n) is 4.45. The number of ketones is 1. The molecule has 1 aliphatic carbocycles. The number of Topliss-reactive ketones (excluding diaryl/α,β-unsaturated/α-hetero) is 1. The fraction of sp³-hybridized carbons (Fsp3) is 0.364. The molecule has 2 aromatic carbocycles. The van der Waals surface area contributed by atoms with Gasteiger partial charge in [-0.3, -0.25) is 4.79 Å². The lowest BCUT2D eigenvalue weighted by Crippen LogP contribution is -2.19. The minimum absolute atomic E-state index is 0.0820. The molecule has 0 atom stereocenters. The van der Waals surface area contributed by atoms with Crippen molar-refractivity contribution in [1.29, 1.82) is 0 Å². The Labute approximate surface area is 164 Å². The number of esters is 1. The van der Waals surface area contributed by atoms with Gasteiger partial charge >= 0.3 is 5.97 Å². The van der Waals surface area contributed by atoms with Crippen molar-refractivity contribution in [1.82, 2.24) is 0 Å². The number of ether oxygens (including phenoxy) is 3. The van der Waals surface area contributed by atoms with Gasteiger partial charge in [-0.15, -0.1) is 0 Å². The van der Waals surface area contributed by atoms with Crippen LogP contribution in [0.15, 0.2) is 30.3 Å². The monoisotopic (exact) mass is 384 g/mol. The van der Waals surface area contributed by atoms with Gasteiger partial charge in [0, 0.05) is 17.5 Å². The molecule has 2 aromatic rings. The van der Waals surface area contributed by atoms with Gasteiger partial charge in [0.15, 0.2) is 23.9 Å². The average Bonchev–Trinajstić information content (AvgIpc) is 3.03. The fourth-order valence-electron chi connectivity index (χ4n) is 3.36. The van der Waals surface area contributed by atoms with Gasteiger partial charge in [-0.05, 0) is 50.5 Å². The summed E-state index contributed by atoms with van der Waals surface area (Å²) in [6, 6.07) is 8.77. The summed E-state index contributed by atoms with van der Waals surface area (Å²) in [6.45, 7) is 5.31. The number of benzene rings is 2. The van der Waals surface area contributed by atoms with Crippen molar-refractivity contribution in [3.8, 4) is 28.4 Å². The first-order chi connectivity index (χ1) is 13.4. The third kappa shape index (κ3) is 3.96. The van der Waals surface area contributed by atoms with E-state index in [1.165, 1.54) is 6.07 Å². The Kier molecular flexibility index (Phi) is 5.87. The Hall–Kier alpha value is -3.02. The number of rotatable bonds is 7. The average molecular weight is 384 g/mol. The predicted octanol–water partition coefficient (Wildman–Crippen LogP) is 3.92. The van der Waals surface area contributed by atoms with E-state index in [0.29, 0.717) is 30.6 Å². The van der Waals surface area contributed by atoms with Crippen LogP contribution in [0, 0.1) is 0 Å². The van der Waals surface area contributed by atoms with E-state index >= 15 is 0 Å². The fourth-order valence-corrected chi connectivity index (χ4v) is 3.36. The van der Waals surface area contributed by atoms with E-state index in [2.05, 4.69) is 0 Å². The Bertz CT molecular complexity index is 900. The van der Waals surface area contributed by atoms with Gasteiger partial charge in [0.2, 0.25) is 5.75 Å². The summed E-state index contributed by atoms with van der Waals surface area (Å²) in [5, 5.41) is 10.3. The zero-order valence-electron chi connectivity index (χ0n) is 16.3. The SMILES string of the molecule is CCOc1c(O)ccc(-c2cccc3c2CCC3=O)c1OCC(=O)OC(C)C. The van der Waals surface area contributed by atoms with Crippen molar-refractivity contribution in [3.05, 3.63) is 41.5 Å². The standard InChI is InChI=1S/C22H24O6/c1-4-26-22-19(24)11-9-17(21(22)27-12-20(25)28-13(2)3)14-6-5-7-16-15(14)8-10-18(16)23/h5-7,9,11,13,24H,4,8,10,12H2,1-3H3. The molecule has 0 fully saturated rings. The summed E-state index contributed by atoms with van der Waals surface area (Å²) in [6.07, 6.45) is 0.860. The van der Waals surface area contributed by atoms with Crippen LogP contribution in [0.4, 0.5) is 0 Å². The van der Waals surface area contributed by atoms with Gasteiger partial charge in [0.05, 0.1) is 12.7 Å². The number of fused-ring (bicyclic) bond motifs is 1. The van der Waals surface area contributed by atoms with Gasteiger partial charge < -0.3 is 19.3 Å². The molecule has 6 nitrogen and oxygen atoms in total. The molecular formula is C22H24O6. The Morgan fingerprint density at radius 3 is 2.50 bits per heavy atom. The summed E-state index contributed by atoms with van der Waals surface area (Å²) in [5.74, 6) is -0.0556. The Morgan fingerprint density at radius 2 is 1.79 bits per heavy atom. The van der Waals surface area contributed by atoms with Gasteiger partial charge in [-0.2, -0.15) is 0 Å². The van der Waals surface area contributed by atoms with Crippen molar-refractivity contribution >= 4 is 11.8 Å². The summed E-state index contributed by atoms with van der Waals surface area (Å²) in [4.78, 5) is 24.1. The molecule has 3 rings (SSSR count). The smallest absolute Gasteiger partial charge is 0.344 e.